The fourth-order valence-corrected chi connectivity index (χ4v) is 4.29. The smallest absolute Gasteiger partial charge is 0.411 e. The number of carbonyl (C=O) groups excluding carboxylic acids is 3. The highest BCUT2D eigenvalue weighted by Crippen LogP contribution is 2.35. The van der Waals surface area contributed by atoms with Crippen LogP contribution in [0.2, 0.25) is 0 Å². The number of halogens is 1. The molecule has 7 nitrogen and oxygen atoms in total. The zero-order valence-corrected chi connectivity index (χ0v) is 21.7. The summed E-state index contributed by atoms with van der Waals surface area (Å²) in [5.74, 6) is -0.594. The van der Waals surface area contributed by atoms with Crippen molar-refractivity contribution in [2.45, 2.75) is 45.9 Å². The molecule has 3 aromatic carbocycles. The van der Waals surface area contributed by atoms with Crippen molar-refractivity contribution in [3.63, 3.8) is 0 Å². The second-order valence-corrected chi connectivity index (χ2v) is 9.92. The van der Waals surface area contributed by atoms with Crippen molar-refractivity contribution in [2.75, 3.05) is 11.9 Å². The van der Waals surface area contributed by atoms with Crippen LogP contribution in [0.4, 0.5) is 14.9 Å². The Morgan fingerprint density at radius 2 is 1.74 bits per heavy atom. The van der Waals surface area contributed by atoms with Crippen molar-refractivity contribution >= 4 is 23.6 Å². The molecule has 2 atom stereocenters. The van der Waals surface area contributed by atoms with E-state index in [1.165, 1.54) is 17.0 Å². The molecule has 3 amide bonds. The topological polar surface area (TPSA) is 87.7 Å². The molecule has 0 spiro atoms. The van der Waals surface area contributed by atoms with E-state index >= 15 is 0 Å². The van der Waals surface area contributed by atoms with Gasteiger partial charge in [-0.3, -0.25) is 14.5 Å². The molecule has 198 valence electrons. The van der Waals surface area contributed by atoms with Gasteiger partial charge in [-0.1, -0.05) is 55.8 Å². The van der Waals surface area contributed by atoms with E-state index in [1.807, 2.05) is 19.1 Å². The second-order valence-electron chi connectivity index (χ2n) is 9.92. The van der Waals surface area contributed by atoms with Crippen molar-refractivity contribution in [3.05, 3.63) is 101 Å². The molecule has 38 heavy (non-hydrogen) atoms. The van der Waals surface area contributed by atoms with E-state index in [2.05, 4.69) is 24.5 Å². The largest absolute Gasteiger partial charge is 0.438 e. The quantitative estimate of drug-likeness (QED) is 0.386. The van der Waals surface area contributed by atoms with Gasteiger partial charge in [0.05, 0.1) is 6.54 Å². The molecule has 0 aliphatic carbocycles. The number of anilines is 1. The van der Waals surface area contributed by atoms with Crippen molar-refractivity contribution in [1.29, 1.82) is 0 Å². The van der Waals surface area contributed by atoms with Crippen molar-refractivity contribution < 1.29 is 23.5 Å². The molecule has 3 aromatic rings. The minimum Gasteiger partial charge on any atom is -0.438 e. The normalized spacial score (nSPS) is 16.9. The van der Waals surface area contributed by atoms with Crippen molar-refractivity contribution in [3.8, 4) is 0 Å². The summed E-state index contributed by atoms with van der Waals surface area (Å²) < 4.78 is 19.1. The van der Waals surface area contributed by atoms with Crippen LogP contribution in [0.1, 0.15) is 53.4 Å². The Bertz CT molecular complexity index is 1290. The lowest BCUT2D eigenvalue weighted by atomic mass is 9.99. The van der Waals surface area contributed by atoms with Crippen LogP contribution in [0.25, 0.3) is 0 Å². The van der Waals surface area contributed by atoms with Gasteiger partial charge in [0.25, 0.3) is 5.91 Å². The Hall–Kier alpha value is -4.20. The Labute approximate surface area is 222 Å². The molecule has 0 saturated carbocycles. The number of nitrogens with one attached hydrogen (secondary N) is 2. The fraction of sp³-hybridized carbons (Fsp3) is 0.300. The molecule has 1 aliphatic heterocycles. The van der Waals surface area contributed by atoms with Crippen LogP contribution in [-0.2, 0) is 16.1 Å². The average Bonchev–Trinajstić information content (AvgIpc) is 3.21. The average molecular weight is 518 g/mol. The molecule has 4 rings (SSSR count). The third-order valence-corrected chi connectivity index (χ3v) is 6.43. The number of rotatable bonds is 9. The SMILES string of the molecule is Cc1ccc(C(=O)Nc2cccc([C@H]3OC(=O)N(Cc4ccc(F)cc4)[C@@H]3C(=O)NCCC(C)C)c2)cc1. The Morgan fingerprint density at radius 1 is 1.03 bits per heavy atom. The zero-order valence-electron chi connectivity index (χ0n) is 21.7. The molecule has 8 heteroatoms. The predicted octanol–water partition coefficient (Wildman–Crippen LogP) is 5.61. The number of carbonyl (C=O) groups is 3. The first-order valence-electron chi connectivity index (χ1n) is 12.7. The van der Waals surface area contributed by atoms with Gasteiger partial charge in [-0.25, -0.2) is 9.18 Å². The molecule has 1 heterocycles. The summed E-state index contributed by atoms with van der Waals surface area (Å²) in [4.78, 5) is 40.5. The summed E-state index contributed by atoms with van der Waals surface area (Å²) in [6, 6.07) is 19.0. The van der Waals surface area contributed by atoms with E-state index < -0.39 is 18.2 Å². The van der Waals surface area contributed by atoms with Crippen molar-refractivity contribution in [2.24, 2.45) is 5.92 Å². The Morgan fingerprint density at radius 3 is 2.42 bits per heavy atom. The molecule has 0 unspecified atom stereocenters. The van der Waals surface area contributed by atoms with Crippen LogP contribution < -0.4 is 10.6 Å². The van der Waals surface area contributed by atoms with Crippen LogP contribution in [0.15, 0.2) is 72.8 Å². The summed E-state index contributed by atoms with van der Waals surface area (Å²) >= 11 is 0. The second kappa shape index (κ2) is 11.9. The molecular formula is C30H32FN3O4. The summed E-state index contributed by atoms with van der Waals surface area (Å²) in [5, 5.41) is 5.80. The van der Waals surface area contributed by atoms with Gasteiger partial charge in [-0.05, 0) is 66.8 Å². The highest BCUT2D eigenvalue weighted by molar-refractivity contribution is 6.04. The predicted molar refractivity (Wildman–Crippen MR) is 143 cm³/mol. The number of benzene rings is 3. The van der Waals surface area contributed by atoms with E-state index in [9.17, 15) is 18.8 Å². The number of cyclic esters (lactones) is 1. The van der Waals surface area contributed by atoms with E-state index in [1.54, 1.807) is 48.5 Å². The van der Waals surface area contributed by atoms with Gasteiger partial charge < -0.3 is 15.4 Å². The fourth-order valence-electron chi connectivity index (χ4n) is 4.29. The maximum Gasteiger partial charge on any atom is 0.411 e. The maximum absolute atomic E-state index is 13.4. The van der Waals surface area contributed by atoms with E-state index in [0.717, 1.165) is 12.0 Å². The zero-order chi connectivity index (χ0) is 27.2. The summed E-state index contributed by atoms with van der Waals surface area (Å²) in [6.07, 6.45) is -0.744. The van der Waals surface area contributed by atoms with Crippen LogP contribution in [-0.4, -0.2) is 35.4 Å². The number of ether oxygens (including phenoxy) is 1. The van der Waals surface area contributed by atoms with E-state index in [-0.39, 0.29) is 24.2 Å². The highest BCUT2D eigenvalue weighted by atomic mass is 19.1. The number of aryl methyl sites for hydroxylation is 1. The third kappa shape index (κ3) is 6.56. The summed E-state index contributed by atoms with van der Waals surface area (Å²) in [7, 11) is 0. The number of hydrogen-bond acceptors (Lipinski definition) is 4. The number of hydrogen-bond donors (Lipinski definition) is 2. The molecule has 1 saturated heterocycles. The molecule has 0 aromatic heterocycles. The number of nitrogens with zero attached hydrogens (tertiary/aromatic N) is 1. The standard InChI is InChI=1S/C30H32FN3O4/c1-19(2)15-16-32-29(36)26-27(38-30(37)34(26)18-21-9-13-24(31)14-10-21)23-5-4-6-25(17-23)33-28(35)22-11-7-20(3)8-12-22/h4-14,17,19,26-27H,15-16,18H2,1-3H3,(H,32,36)(H,33,35)/t26-,27+/m0/s1. The molecule has 2 N–H and O–H groups in total. The first kappa shape index (κ1) is 26.9. The first-order chi connectivity index (χ1) is 18.2. The van der Waals surface area contributed by atoms with Crippen LogP contribution in [0.5, 0.6) is 0 Å². The van der Waals surface area contributed by atoms with Gasteiger partial charge in [0, 0.05) is 17.8 Å². The molecular weight excluding hydrogens is 485 g/mol. The van der Waals surface area contributed by atoms with Crippen LogP contribution >= 0.6 is 0 Å². The van der Waals surface area contributed by atoms with Gasteiger partial charge in [0.1, 0.15) is 5.82 Å². The molecule has 0 radical (unpaired) electrons. The van der Waals surface area contributed by atoms with Gasteiger partial charge in [0.2, 0.25) is 5.91 Å². The minimum absolute atomic E-state index is 0.0851. The van der Waals surface area contributed by atoms with Gasteiger partial charge in [-0.15, -0.1) is 0 Å². The van der Waals surface area contributed by atoms with Gasteiger partial charge >= 0.3 is 6.09 Å². The van der Waals surface area contributed by atoms with E-state index in [4.69, 9.17) is 4.74 Å². The molecule has 0 bridgehead atoms. The molecule has 1 fully saturated rings. The number of amides is 3. The Balaban J connectivity index is 1.58. The lowest BCUT2D eigenvalue weighted by Crippen LogP contribution is -2.46. The monoisotopic (exact) mass is 517 g/mol. The van der Waals surface area contributed by atoms with Crippen LogP contribution in [0.3, 0.4) is 0 Å². The minimum atomic E-state index is -0.942. The lowest BCUT2D eigenvalue weighted by molar-refractivity contribution is -0.126. The van der Waals surface area contributed by atoms with Gasteiger partial charge in [0.15, 0.2) is 12.1 Å². The Kier molecular flexibility index (Phi) is 8.41. The lowest BCUT2D eigenvalue weighted by Gasteiger charge is -2.24. The highest BCUT2D eigenvalue weighted by Gasteiger charge is 2.47. The third-order valence-electron chi connectivity index (χ3n) is 6.43. The van der Waals surface area contributed by atoms with Gasteiger partial charge in [-0.2, -0.15) is 0 Å². The summed E-state index contributed by atoms with van der Waals surface area (Å²) in [6.45, 7) is 6.62. The van der Waals surface area contributed by atoms with Crippen LogP contribution in [0, 0.1) is 18.7 Å². The summed E-state index contributed by atoms with van der Waals surface area (Å²) in [5.41, 5.74) is 3.32. The molecule has 1 aliphatic rings. The maximum atomic E-state index is 13.4. The van der Waals surface area contributed by atoms with Crippen molar-refractivity contribution in [1.82, 2.24) is 10.2 Å². The first-order valence-corrected chi connectivity index (χ1v) is 12.7. The van der Waals surface area contributed by atoms with E-state index in [0.29, 0.717) is 34.8 Å².